The predicted molar refractivity (Wildman–Crippen MR) is 70.9 cm³/mol. The van der Waals surface area contributed by atoms with E-state index in [1.807, 2.05) is 0 Å². The molecule has 0 bridgehead atoms. The molecule has 0 aromatic heterocycles. The fourth-order valence-corrected chi connectivity index (χ4v) is 2.36. The number of nitrogens with zero attached hydrogens (tertiary/aromatic N) is 2. The Balaban J connectivity index is 1.94. The molecule has 1 aliphatic heterocycles. The Morgan fingerprint density at radius 2 is 2.06 bits per heavy atom. The van der Waals surface area contributed by atoms with Crippen molar-refractivity contribution in [1.29, 1.82) is 0 Å². The maximum atomic E-state index is 3.54. The van der Waals surface area contributed by atoms with Crippen LogP contribution in [-0.4, -0.2) is 62.7 Å². The van der Waals surface area contributed by atoms with Crippen LogP contribution in [0.5, 0.6) is 0 Å². The van der Waals surface area contributed by atoms with E-state index in [9.17, 15) is 0 Å². The number of hydrogen-bond donors (Lipinski definition) is 1. The van der Waals surface area contributed by atoms with Crippen molar-refractivity contribution in [2.75, 3.05) is 46.8 Å². The molecule has 1 aliphatic rings. The van der Waals surface area contributed by atoms with Crippen LogP contribution >= 0.6 is 0 Å². The van der Waals surface area contributed by atoms with Crippen molar-refractivity contribution < 1.29 is 0 Å². The smallest absolute Gasteiger partial charge is 0.0110 e. The summed E-state index contributed by atoms with van der Waals surface area (Å²) in [5, 5.41) is 3.54. The third-order valence-electron chi connectivity index (χ3n) is 3.48. The van der Waals surface area contributed by atoms with E-state index in [1.165, 1.54) is 45.3 Å². The Labute approximate surface area is 101 Å². The second-order valence-corrected chi connectivity index (χ2v) is 5.29. The summed E-state index contributed by atoms with van der Waals surface area (Å²) in [6, 6.07) is 0.803. The van der Waals surface area contributed by atoms with Crippen LogP contribution in [0.25, 0.3) is 0 Å². The second-order valence-electron chi connectivity index (χ2n) is 5.29. The maximum absolute atomic E-state index is 3.54. The highest BCUT2D eigenvalue weighted by atomic mass is 15.2. The molecule has 96 valence electrons. The van der Waals surface area contributed by atoms with Gasteiger partial charge in [-0.1, -0.05) is 6.42 Å². The van der Waals surface area contributed by atoms with Gasteiger partial charge >= 0.3 is 0 Å². The van der Waals surface area contributed by atoms with Crippen LogP contribution in [0.2, 0.25) is 0 Å². The lowest BCUT2D eigenvalue weighted by molar-refractivity contribution is 0.161. The van der Waals surface area contributed by atoms with Gasteiger partial charge in [-0.2, -0.15) is 0 Å². The van der Waals surface area contributed by atoms with E-state index in [0.717, 1.165) is 19.1 Å². The summed E-state index contributed by atoms with van der Waals surface area (Å²) >= 11 is 0. The van der Waals surface area contributed by atoms with E-state index in [2.05, 4.69) is 36.1 Å². The molecule has 1 fully saturated rings. The van der Waals surface area contributed by atoms with Gasteiger partial charge in [0.2, 0.25) is 0 Å². The minimum absolute atomic E-state index is 0.803. The summed E-state index contributed by atoms with van der Waals surface area (Å²) in [4.78, 5) is 4.87. The third kappa shape index (κ3) is 5.83. The number of nitrogens with one attached hydrogen (secondary N) is 1. The molecule has 0 saturated carbocycles. The largest absolute Gasteiger partial charge is 0.315 e. The summed E-state index contributed by atoms with van der Waals surface area (Å²) < 4.78 is 0. The molecule has 1 unspecified atom stereocenters. The molecule has 16 heavy (non-hydrogen) atoms. The van der Waals surface area contributed by atoms with Crippen LogP contribution in [0.4, 0.5) is 0 Å². The van der Waals surface area contributed by atoms with E-state index in [1.54, 1.807) is 0 Å². The van der Waals surface area contributed by atoms with Gasteiger partial charge in [-0.05, 0) is 59.9 Å². The van der Waals surface area contributed by atoms with E-state index < -0.39 is 0 Å². The molecule has 0 amide bonds. The highest BCUT2D eigenvalue weighted by Crippen LogP contribution is 2.15. The zero-order chi connectivity index (χ0) is 11.8. The van der Waals surface area contributed by atoms with Gasteiger partial charge in [0.1, 0.15) is 0 Å². The van der Waals surface area contributed by atoms with Crippen LogP contribution < -0.4 is 5.32 Å². The highest BCUT2D eigenvalue weighted by molar-refractivity contribution is 4.73. The fraction of sp³-hybridized carbons (Fsp3) is 1.00. The van der Waals surface area contributed by atoms with Gasteiger partial charge in [-0.15, -0.1) is 0 Å². The quantitative estimate of drug-likeness (QED) is 0.663. The number of rotatable bonds is 7. The van der Waals surface area contributed by atoms with Gasteiger partial charge in [0.25, 0.3) is 0 Å². The van der Waals surface area contributed by atoms with E-state index >= 15 is 0 Å². The first-order chi connectivity index (χ1) is 7.70. The first-order valence-electron chi connectivity index (χ1n) is 6.79. The Bertz CT molecular complexity index is 171. The Morgan fingerprint density at radius 1 is 1.25 bits per heavy atom. The molecule has 0 aliphatic carbocycles. The summed E-state index contributed by atoms with van der Waals surface area (Å²) in [6.45, 7) is 8.39. The van der Waals surface area contributed by atoms with Gasteiger partial charge in [0.05, 0.1) is 0 Å². The predicted octanol–water partition coefficient (Wildman–Crippen LogP) is 1.40. The normalized spacial score (nSPS) is 22.9. The zero-order valence-corrected chi connectivity index (χ0v) is 11.3. The van der Waals surface area contributed by atoms with Gasteiger partial charge in [-0.25, -0.2) is 0 Å². The van der Waals surface area contributed by atoms with E-state index in [0.29, 0.717) is 0 Å². The standard InChI is InChI=1S/C13H29N3/c1-13-7-4-5-11-16(13)12-9-14-8-6-10-15(2)3/h13-14H,4-12H2,1-3H3. The summed E-state index contributed by atoms with van der Waals surface area (Å²) in [6.07, 6.45) is 5.46. The topological polar surface area (TPSA) is 18.5 Å². The Kier molecular flexibility index (Phi) is 7.01. The monoisotopic (exact) mass is 227 g/mol. The van der Waals surface area contributed by atoms with Gasteiger partial charge < -0.3 is 10.2 Å². The first kappa shape index (κ1) is 13.9. The van der Waals surface area contributed by atoms with Crippen molar-refractivity contribution in [1.82, 2.24) is 15.1 Å². The van der Waals surface area contributed by atoms with Crippen LogP contribution in [0.15, 0.2) is 0 Å². The Hall–Kier alpha value is -0.120. The van der Waals surface area contributed by atoms with Crippen LogP contribution in [0, 0.1) is 0 Å². The summed E-state index contributed by atoms with van der Waals surface area (Å²) in [7, 11) is 4.27. The van der Waals surface area contributed by atoms with Crippen molar-refractivity contribution in [2.24, 2.45) is 0 Å². The molecule has 3 nitrogen and oxygen atoms in total. The molecule has 1 N–H and O–H groups in total. The number of likely N-dealkylation sites (tertiary alicyclic amines) is 1. The molecule has 0 radical (unpaired) electrons. The zero-order valence-electron chi connectivity index (χ0n) is 11.3. The van der Waals surface area contributed by atoms with Crippen molar-refractivity contribution >= 4 is 0 Å². The van der Waals surface area contributed by atoms with Gasteiger partial charge in [0.15, 0.2) is 0 Å². The van der Waals surface area contributed by atoms with Crippen molar-refractivity contribution in [3.63, 3.8) is 0 Å². The summed E-state index contributed by atoms with van der Waals surface area (Å²) in [5.74, 6) is 0. The average molecular weight is 227 g/mol. The van der Waals surface area contributed by atoms with Crippen LogP contribution in [0.3, 0.4) is 0 Å². The molecule has 0 spiro atoms. The second kappa shape index (κ2) is 8.04. The molecule has 1 saturated heterocycles. The van der Waals surface area contributed by atoms with E-state index in [-0.39, 0.29) is 0 Å². The fourth-order valence-electron chi connectivity index (χ4n) is 2.36. The lowest BCUT2D eigenvalue weighted by Crippen LogP contribution is -2.41. The molecular weight excluding hydrogens is 198 g/mol. The van der Waals surface area contributed by atoms with Gasteiger partial charge in [0, 0.05) is 19.1 Å². The molecular formula is C13H29N3. The first-order valence-corrected chi connectivity index (χ1v) is 6.79. The number of piperidine rings is 1. The lowest BCUT2D eigenvalue weighted by atomic mass is 10.0. The molecule has 1 atom stereocenters. The minimum atomic E-state index is 0.803. The van der Waals surface area contributed by atoms with Crippen molar-refractivity contribution in [3.05, 3.63) is 0 Å². The third-order valence-corrected chi connectivity index (χ3v) is 3.48. The molecule has 0 aromatic carbocycles. The maximum Gasteiger partial charge on any atom is 0.0110 e. The number of hydrogen-bond acceptors (Lipinski definition) is 3. The Morgan fingerprint density at radius 3 is 2.75 bits per heavy atom. The lowest BCUT2D eigenvalue weighted by Gasteiger charge is -2.33. The molecule has 0 aromatic rings. The van der Waals surface area contributed by atoms with Crippen molar-refractivity contribution in [2.45, 2.75) is 38.6 Å². The molecule has 1 heterocycles. The summed E-state index contributed by atoms with van der Waals surface area (Å²) in [5.41, 5.74) is 0. The molecule has 1 rings (SSSR count). The van der Waals surface area contributed by atoms with Crippen molar-refractivity contribution in [3.8, 4) is 0 Å². The SMILES string of the molecule is CC1CCCCN1CCNCCCN(C)C. The average Bonchev–Trinajstić information content (AvgIpc) is 2.25. The molecule has 3 heteroatoms. The highest BCUT2D eigenvalue weighted by Gasteiger charge is 2.16. The van der Waals surface area contributed by atoms with Gasteiger partial charge in [-0.3, -0.25) is 4.90 Å². The van der Waals surface area contributed by atoms with Crippen LogP contribution in [0.1, 0.15) is 32.6 Å². The minimum Gasteiger partial charge on any atom is -0.315 e. The van der Waals surface area contributed by atoms with Crippen LogP contribution in [-0.2, 0) is 0 Å². The van der Waals surface area contributed by atoms with E-state index in [4.69, 9.17) is 0 Å².